The summed E-state index contributed by atoms with van der Waals surface area (Å²) in [5.74, 6) is -0.868. The van der Waals surface area contributed by atoms with Gasteiger partial charge in [0, 0.05) is 13.0 Å². The van der Waals surface area contributed by atoms with E-state index in [1.165, 1.54) is 12.1 Å². The van der Waals surface area contributed by atoms with E-state index in [9.17, 15) is 22.8 Å². The Kier molecular flexibility index (Phi) is 7.90. The number of benzene rings is 2. The molecule has 2 amide bonds. The van der Waals surface area contributed by atoms with Crippen LogP contribution in [0.3, 0.4) is 0 Å². The molecule has 9 heteroatoms. The van der Waals surface area contributed by atoms with Gasteiger partial charge in [-0.3, -0.25) is 9.59 Å². The summed E-state index contributed by atoms with van der Waals surface area (Å²) >= 11 is 5.93. The van der Waals surface area contributed by atoms with E-state index < -0.39 is 23.6 Å². The third kappa shape index (κ3) is 6.67. The van der Waals surface area contributed by atoms with Crippen molar-refractivity contribution in [1.82, 2.24) is 5.32 Å². The Bertz CT molecular complexity index is 872. The standard InChI is InChI=1S/C20H20ClF3N2O3/c1-2-11-29-17-8-7-13(20(22,23)24)12-16(17)26-18(27)9-10-25-19(28)14-5-3-4-6-15(14)21/h3-8,12H,2,9-11H2,1H3,(H,25,28)(H,26,27). The van der Waals surface area contributed by atoms with Gasteiger partial charge in [-0.25, -0.2) is 0 Å². The smallest absolute Gasteiger partial charge is 0.416 e. The Hall–Kier alpha value is -2.74. The van der Waals surface area contributed by atoms with Crippen molar-refractivity contribution in [2.45, 2.75) is 25.9 Å². The minimum atomic E-state index is -4.55. The van der Waals surface area contributed by atoms with Crippen molar-refractivity contribution in [1.29, 1.82) is 0 Å². The maximum absolute atomic E-state index is 13.0. The first-order chi connectivity index (χ1) is 13.7. The lowest BCUT2D eigenvalue weighted by atomic mass is 10.1. The number of ether oxygens (including phenoxy) is 1. The summed E-state index contributed by atoms with van der Waals surface area (Å²) in [5.41, 5.74) is -0.706. The Morgan fingerprint density at radius 3 is 2.52 bits per heavy atom. The van der Waals surface area contributed by atoms with Gasteiger partial charge in [-0.15, -0.1) is 0 Å². The Morgan fingerprint density at radius 2 is 1.86 bits per heavy atom. The van der Waals surface area contributed by atoms with Crippen molar-refractivity contribution in [2.75, 3.05) is 18.5 Å². The summed E-state index contributed by atoms with van der Waals surface area (Å²) in [6.07, 6.45) is -4.03. The highest BCUT2D eigenvalue weighted by molar-refractivity contribution is 6.33. The maximum Gasteiger partial charge on any atom is 0.416 e. The van der Waals surface area contributed by atoms with Gasteiger partial charge in [-0.2, -0.15) is 13.2 Å². The molecule has 5 nitrogen and oxygen atoms in total. The quantitative estimate of drug-likeness (QED) is 0.628. The molecule has 0 saturated carbocycles. The number of nitrogens with one attached hydrogen (secondary N) is 2. The van der Waals surface area contributed by atoms with Gasteiger partial charge in [-0.1, -0.05) is 30.7 Å². The Morgan fingerprint density at radius 1 is 1.14 bits per heavy atom. The van der Waals surface area contributed by atoms with Gasteiger partial charge in [0.15, 0.2) is 0 Å². The second-order valence-electron chi connectivity index (χ2n) is 6.09. The molecule has 0 unspecified atom stereocenters. The van der Waals surface area contributed by atoms with Gasteiger partial charge in [0.25, 0.3) is 5.91 Å². The predicted octanol–water partition coefficient (Wildman–Crippen LogP) is 4.91. The zero-order valence-electron chi connectivity index (χ0n) is 15.6. The molecule has 0 aliphatic heterocycles. The van der Waals surface area contributed by atoms with Crippen LogP contribution < -0.4 is 15.4 Å². The van der Waals surface area contributed by atoms with E-state index in [-0.39, 0.29) is 35.0 Å². The van der Waals surface area contributed by atoms with Crippen molar-refractivity contribution in [2.24, 2.45) is 0 Å². The molecule has 0 aromatic heterocycles. The number of amides is 2. The van der Waals surface area contributed by atoms with E-state index >= 15 is 0 Å². The Balaban J connectivity index is 1.99. The lowest BCUT2D eigenvalue weighted by Crippen LogP contribution is -2.28. The molecular formula is C20H20ClF3N2O3. The van der Waals surface area contributed by atoms with Crippen LogP contribution >= 0.6 is 11.6 Å². The number of anilines is 1. The van der Waals surface area contributed by atoms with Crippen LogP contribution in [-0.4, -0.2) is 25.0 Å². The van der Waals surface area contributed by atoms with Gasteiger partial charge in [-0.05, 0) is 36.8 Å². The molecular weight excluding hydrogens is 409 g/mol. The third-order valence-electron chi connectivity index (χ3n) is 3.80. The molecule has 0 saturated heterocycles. The van der Waals surface area contributed by atoms with Gasteiger partial charge >= 0.3 is 6.18 Å². The molecule has 0 spiro atoms. The van der Waals surface area contributed by atoms with Crippen molar-refractivity contribution in [3.05, 3.63) is 58.6 Å². The zero-order chi connectivity index (χ0) is 21.4. The summed E-state index contributed by atoms with van der Waals surface area (Å²) in [6.45, 7) is 2.13. The number of hydrogen-bond donors (Lipinski definition) is 2. The van der Waals surface area contributed by atoms with Crippen LogP contribution in [0.1, 0.15) is 35.7 Å². The van der Waals surface area contributed by atoms with E-state index in [1.54, 1.807) is 18.2 Å². The zero-order valence-corrected chi connectivity index (χ0v) is 16.4. The molecule has 0 heterocycles. The fraction of sp³-hybridized carbons (Fsp3) is 0.300. The molecule has 0 aliphatic carbocycles. The van der Waals surface area contributed by atoms with E-state index in [4.69, 9.17) is 16.3 Å². The highest BCUT2D eigenvalue weighted by Crippen LogP contribution is 2.35. The first kappa shape index (κ1) is 22.5. The van der Waals surface area contributed by atoms with Crippen LogP contribution in [0.15, 0.2) is 42.5 Å². The van der Waals surface area contributed by atoms with Crippen molar-refractivity contribution in [3.63, 3.8) is 0 Å². The minimum absolute atomic E-state index is 0.0139. The summed E-state index contributed by atoms with van der Waals surface area (Å²) in [4.78, 5) is 24.2. The van der Waals surface area contributed by atoms with Gasteiger partial charge in [0.1, 0.15) is 5.75 Å². The molecule has 2 rings (SSSR count). The Labute approximate surface area is 171 Å². The minimum Gasteiger partial charge on any atom is -0.491 e. The second kappa shape index (κ2) is 10.2. The van der Waals surface area contributed by atoms with Crippen LogP contribution in [0, 0.1) is 0 Å². The second-order valence-corrected chi connectivity index (χ2v) is 6.50. The molecule has 0 atom stereocenters. The lowest BCUT2D eigenvalue weighted by Gasteiger charge is -2.15. The molecule has 156 valence electrons. The van der Waals surface area contributed by atoms with Crippen LogP contribution in [0.25, 0.3) is 0 Å². The highest BCUT2D eigenvalue weighted by Gasteiger charge is 2.31. The number of carbonyl (C=O) groups excluding carboxylic acids is 2. The number of hydrogen-bond acceptors (Lipinski definition) is 3. The highest BCUT2D eigenvalue weighted by atomic mass is 35.5. The first-order valence-electron chi connectivity index (χ1n) is 8.89. The van der Waals surface area contributed by atoms with Crippen LogP contribution in [0.2, 0.25) is 5.02 Å². The fourth-order valence-corrected chi connectivity index (χ4v) is 2.61. The van der Waals surface area contributed by atoms with Crippen molar-refractivity contribution < 1.29 is 27.5 Å². The fourth-order valence-electron chi connectivity index (χ4n) is 2.38. The summed E-state index contributed by atoms with van der Waals surface area (Å²) in [5, 5.41) is 5.24. The molecule has 0 bridgehead atoms. The molecule has 2 aromatic rings. The average molecular weight is 429 g/mol. The summed E-state index contributed by atoms with van der Waals surface area (Å²) in [6, 6.07) is 9.33. The van der Waals surface area contributed by atoms with Gasteiger partial charge in [0.2, 0.25) is 5.91 Å². The number of carbonyl (C=O) groups is 2. The van der Waals surface area contributed by atoms with E-state index in [2.05, 4.69) is 10.6 Å². The summed E-state index contributed by atoms with van der Waals surface area (Å²) < 4.78 is 44.3. The SMILES string of the molecule is CCCOc1ccc(C(F)(F)F)cc1NC(=O)CCNC(=O)c1ccccc1Cl. The maximum atomic E-state index is 13.0. The van der Waals surface area contributed by atoms with E-state index in [0.29, 0.717) is 13.0 Å². The third-order valence-corrected chi connectivity index (χ3v) is 4.13. The molecule has 2 aromatic carbocycles. The van der Waals surface area contributed by atoms with Crippen LogP contribution in [0.4, 0.5) is 18.9 Å². The molecule has 29 heavy (non-hydrogen) atoms. The lowest BCUT2D eigenvalue weighted by molar-refractivity contribution is -0.137. The normalized spacial score (nSPS) is 11.1. The number of halogens is 4. The molecule has 0 radical (unpaired) electrons. The number of rotatable bonds is 8. The van der Waals surface area contributed by atoms with Crippen LogP contribution in [-0.2, 0) is 11.0 Å². The van der Waals surface area contributed by atoms with E-state index in [1.807, 2.05) is 6.92 Å². The van der Waals surface area contributed by atoms with Gasteiger partial charge < -0.3 is 15.4 Å². The number of alkyl halides is 3. The monoisotopic (exact) mass is 428 g/mol. The molecule has 0 fully saturated rings. The molecule has 2 N–H and O–H groups in total. The average Bonchev–Trinajstić information content (AvgIpc) is 2.66. The largest absolute Gasteiger partial charge is 0.491 e. The van der Waals surface area contributed by atoms with Crippen LogP contribution in [0.5, 0.6) is 5.75 Å². The molecule has 0 aliphatic rings. The first-order valence-corrected chi connectivity index (χ1v) is 9.26. The van der Waals surface area contributed by atoms with Crippen molar-refractivity contribution >= 4 is 29.1 Å². The van der Waals surface area contributed by atoms with Gasteiger partial charge in [0.05, 0.1) is 28.4 Å². The summed E-state index contributed by atoms with van der Waals surface area (Å²) in [7, 11) is 0. The topological polar surface area (TPSA) is 67.4 Å². The van der Waals surface area contributed by atoms with E-state index in [0.717, 1.165) is 12.1 Å². The van der Waals surface area contributed by atoms with Crippen molar-refractivity contribution in [3.8, 4) is 5.75 Å². The predicted molar refractivity (Wildman–Crippen MR) is 104 cm³/mol.